The maximum Gasteiger partial charge on any atom is 0.573 e. The molecule has 2 rings (SSSR count). The van der Waals surface area contributed by atoms with Crippen LogP contribution in [-0.2, 0) is 0 Å². The number of nitriles is 1. The van der Waals surface area contributed by atoms with E-state index in [-0.39, 0.29) is 17.0 Å². The van der Waals surface area contributed by atoms with Crippen LogP contribution in [0, 0.1) is 28.4 Å². The van der Waals surface area contributed by atoms with E-state index in [9.17, 15) is 28.5 Å². The largest absolute Gasteiger partial charge is 0.573 e. The van der Waals surface area contributed by atoms with Crippen molar-refractivity contribution in [1.29, 1.82) is 5.26 Å². The van der Waals surface area contributed by atoms with Gasteiger partial charge in [0.2, 0.25) is 0 Å². The molecule has 128 valence electrons. The lowest BCUT2D eigenvalue weighted by Gasteiger charge is -2.08. The van der Waals surface area contributed by atoms with Gasteiger partial charge in [0.1, 0.15) is 5.75 Å². The number of hydrogen-bond donors (Lipinski definition) is 0. The molecule has 0 spiro atoms. The maximum atomic E-state index is 12.1. The van der Waals surface area contributed by atoms with E-state index in [0.29, 0.717) is 16.7 Å². The number of nitro benzene ring substituents is 1. The fourth-order valence-electron chi connectivity index (χ4n) is 2.14. The highest BCUT2D eigenvalue weighted by atomic mass is 19.4. The van der Waals surface area contributed by atoms with Gasteiger partial charge in [0.15, 0.2) is 0 Å². The Morgan fingerprint density at radius 1 is 1.24 bits per heavy atom. The second kappa shape index (κ2) is 7.05. The van der Waals surface area contributed by atoms with Gasteiger partial charge in [-0.2, -0.15) is 5.26 Å². The number of alkyl halides is 3. The molecule has 0 aliphatic carbocycles. The molecule has 0 aliphatic rings. The van der Waals surface area contributed by atoms with Crippen LogP contribution in [0.25, 0.3) is 11.6 Å². The van der Waals surface area contributed by atoms with Crippen molar-refractivity contribution in [2.45, 2.75) is 13.3 Å². The van der Waals surface area contributed by atoms with Crippen molar-refractivity contribution >= 4 is 17.3 Å². The Hall–Kier alpha value is -3.34. The molecule has 0 amide bonds. The van der Waals surface area contributed by atoms with Crippen molar-refractivity contribution in [3.63, 3.8) is 0 Å². The fraction of sp³-hybridized carbons (Fsp3) is 0.118. The molecule has 0 fully saturated rings. The quantitative estimate of drug-likeness (QED) is 0.342. The van der Waals surface area contributed by atoms with E-state index in [1.165, 1.54) is 36.4 Å². The molecule has 0 saturated carbocycles. The number of aryl methyl sites for hydroxylation is 1. The summed E-state index contributed by atoms with van der Waals surface area (Å²) in [6, 6.07) is 11.2. The zero-order chi connectivity index (χ0) is 18.6. The van der Waals surface area contributed by atoms with Crippen molar-refractivity contribution < 1.29 is 22.8 Å². The minimum Gasteiger partial charge on any atom is -0.406 e. The van der Waals surface area contributed by atoms with E-state index in [1.54, 1.807) is 6.92 Å². The molecule has 0 N–H and O–H groups in total. The van der Waals surface area contributed by atoms with E-state index < -0.39 is 11.3 Å². The minimum atomic E-state index is -4.77. The molecule has 0 radical (unpaired) electrons. The first-order chi connectivity index (χ1) is 11.7. The summed E-state index contributed by atoms with van der Waals surface area (Å²) in [6.45, 7) is 1.56. The lowest BCUT2D eigenvalue weighted by molar-refractivity contribution is -0.385. The Labute approximate surface area is 140 Å². The topological polar surface area (TPSA) is 76.2 Å². The molecule has 8 heteroatoms. The first-order valence-electron chi connectivity index (χ1n) is 6.92. The lowest BCUT2D eigenvalue weighted by atomic mass is 10.0. The maximum absolute atomic E-state index is 12.1. The average molecular weight is 348 g/mol. The van der Waals surface area contributed by atoms with Gasteiger partial charge in [-0.25, -0.2) is 0 Å². The zero-order valence-corrected chi connectivity index (χ0v) is 12.9. The second-order valence-corrected chi connectivity index (χ2v) is 5.05. The molecule has 0 heterocycles. The second-order valence-electron chi connectivity index (χ2n) is 5.05. The summed E-state index contributed by atoms with van der Waals surface area (Å²) in [5, 5.41) is 20.1. The van der Waals surface area contributed by atoms with Crippen LogP contribution >= 0.6 is 0 Å². The number of nitro groups is 1. The Balaban J connectivity index is 2.30. The first-order valence-corrected chi connectivity index (χ1v) is 6.92. The number of ether oxygens (including phenoxy) is 1. The van der Waals surface area contributed by atoms with Crippen LogP contribution in [0.2, 0.25) is 0 Å². The van der Waals surface area contributed by atoms with E-state index in [4.69, 9.17) is 0 Å². The van der Waals surface area contributed by atoms with Gasteiger partial charge < -0.3 is 4.74 Å². The van der Waals surface area contributed by atoms with Crippen molar-refractivity contribution in [3.05, 3.63) is 69.3 Å². The first kappa shape index (κ1) is 18.0. The summed E-state index contributed by atoms with van der Waals surface area (Å²) in [6.07, 6.45) is -3.30. The Morgan fingerprint density at radius 3 is 2.36 bits per heavy atom. The number of rotatable bonds is 4. The number of nitrogens with zero attached hydrogens (tertiary/aromatic N) is 2. The van der Waals surface area contributed by atoms with E-state index in [1.807, 2.05) is 6.07 Å². The van der Waals surface area contributed by atoms with Crippen LogP contribution in [0.5, 0.6) is 5.75 Å². The Morgan fingerprint density at radius 2 is 1.88 bits per heavy atom. The molecular weight excluding hydrogens is 337 g/mol. The predicted molar refractivity (Wildman–Crippen MR) is 84.4 cm³/mol. The molecule has 0 atom stereocenters. The summed E-state index contributed by atoms with van der Waals surface area (Å²) in [5.74, 6) is -0.366. The molecule has 0 aliphatic heterocycles. The molecule has 0 aromatic heterocycles. The normalized spacial score (nSPS) is 11.7. The van der Waals surface area contributed by atoms with Crippen LogP contribution in [0.4, 0.5) is 18.9 Å². The number of hydrogen-bond acceptors (Lipinski definition) is 4. The van der Waals surface area contributed by atoms with Gasteiger partial charge in [-0.05, 0) is 48.4 Å². The molecule has 25 heavy (non-hydrogen) atoms. The van der Waals surface area contributed by atoms with E-state index in [0.717, 1.165) is 12.1 Å². The highest BCUT2D eigenvalue weighted by Crippen LogP contribution is 2.26. The van der Waals surface area contributed by atoms with Crippen LogP contribution in [0.15, 0.2) is 42.5 Å². The van der Waals surface area contributed by atoms with Crippen LogP contribution in [-0.4, -0.2) is 11.3 Å². The number of benzene rings is 2. The summed E-state index contributed by atoms with van der Waals surface area (Å²) in [7, 11) is 0. The van der Waals surface area contributed by atoms with Gasteiger partial charge in [0.05, 0.1) is 16.6 Å². The summed E-state index contributed by atoms with van der Waals surface area (Å²) < 4.78 is 40.2. The third-order valence-electron chi connectivity index (χ3n) is 3.25. The number of halogens is 3. The molecule has 0 bridgehead atoms. The lowest BCUT2D eigenvalue weighted by Crippen LogP contribution is -2.16. The summed E-state index contributed by atoms with van der Waals surface area (Å²) in [5.41, 5.74) is 1.53. The fourth-order valence-corrected chi connectivity index (χ4v) is 2.14. The van der Waals surface area contributed by atoms with Gasteiger partial charge in [0, 0.05) is 11.6 Å². The molecular formula is C17H11F3N2O3. The predicted octanol–water partition coefficient (Wildman–Crippen LogP) is 4.87. The molecule has 0 unspecified atom stereocenters. The summed E-state index contributed by atoms with van der Waals surface area (Å²) in [4.78, 5) is 10.3. The van der Waals surface area contributed by atoms with Gasteiger partial charge >= 0.3 is 6.36 Å². The molecule has 2 aromatic rings. The molecule has 5 nitrogen and oxygen atoms in total. The number of allylic oxidation sites excluding steroid dienone is 1. The average Bonchev–Trinajstić information content (AvgIpc) is 2.52. The SMILES string of the molecule is Cc1cc(C(C#N)=Cc2ccc(OC(F)(F)F)cc2)ccc1[N+](=O)[O-]. The van der Waals surface area contributed by atoms with E-state index in [2.05, 4.69) is 4.74 Å². The molecule has 2 aromatic carbocycles. The van der Waals surface area contributed by atoms with Crippen molar-refractivity contribution in [2.24, 2.45) is 0 Å². The van der Waals surface area contributed by atoms with Gasteiger partial charge in [0.25, 0.3) is 5.69 Å². The minimum absolute atomic E-state index is 0.0605. The van der Waals surface area contributed by atoms with Crippen molar-refractivity contribution in [2.75, 3.05) is 0 Å². The van der Waals surface area contributed by atoms with Crippen LogP contribution in [0.3, 0.4) is 0 Å². The Kier molecular flexibility index (Phi) is 5.08. The zero-order valence-electron chi connectivity index (χ0n) is 12.9. The smallest absolute Gasteiger partial charge is 0.406 e. The van der Waals surface area contributed by atoms with Crippen molar-refractivity contribution in [3.8, 4) is 11.8 Å². The van der Waals surface area contributed by atoms with Gasteiger partial charge in [-0.1, -0.05) is 12.1 Å². The standard InChI is InChI=1S/C17H11F3N2O3/c1-11-8-13(4-7-16(11)22(23)24)14(10-21)9-12-2-5-15(6-3-12)25-17(18,19)20/h2-9H,1H3. The highest BCUT2D eigenvalue weighted by Gasteiger charge is 2.30. The third kappa shape index (κ3) is 4.81. The highest BCUT2D eigenvalue weighted by molar-refractivity contribution is 5.90. The molecule has 0 saturated heterocycles. The van der Waals surface area contributed by atoms with E-state index >= 15 is 0 Å². The van der Waals surface area contributed by atoms with Crippen LogP contribution in [0.1, 0.15) is 16.7 Å². The monoisotopic (exact) mass is 348 g/mol. The van der Waals surface area contributed by atoms with Crippen LogP contribution < -0.4 is 4.74 Å². The van der Waals surface area contributed by atoms with Crippen molar-refractivity contribution in [1.82, 2.24) is 0 Å². The third-order valence-corrected chi connectivity index (χ3v) is 3.25. The summed E-state index contributed by atoms with van der Waals surface area (Å²) >= 11 is 0. The van der Waals surface area contributed by atoms with Gasteiger partial charge in [-0.15, -0.1) is 13.2 Å². The Bertz CT molecular complexity index is 866. The van der Waals surface area contributed by atoms with Gasteiger partial charge in [-0.3, -0.25) is 10.1 Å².